The highest BCUT2D eigenvalue weighted by Gasteiger charge is 2.19. The van der Waals surface area contributed by atoms with Crippen LogP contribution in [-0.4, -0.2) is 27.3 Å². The van der Waals surface area contributed by atoms with Crippen LogP contribution >= 0.6 is 11.3 Å². The lowest BCUT2D eigenvalue weighted by molar-refractivity contribution is 0.0940. The number of amides is 1. The van der Waals surface area contributed by atoms with Gasteiger partial charge in [-0.25, -0.2) is 14.1 Å². The number of benzene rings is 2. The molecule has 0 spiro atoms. The van der Waals surface area contributed by atoms with Crippen molar-refractivity contribution in [2.45, 2.75) is 6.54 Å². The second-order valence-corrected chi connectivity index (χ2v) is 7.35. The fourth-order valence-electron chi connectivity index (χ4n) is 2.88. The van der Waals surface area contributed by atoms with Gasteiger partial charge in [0.25, 0.3) is 5.91 Å². The van der Waals surface area contributed by atoms with Gasteiger partial charge < -0.3 is 10.1 Å². The number of aromatic nitrogens is 3. The summed E-state index contributed by atoms with van der Waals surface area (Å²) in [5.41, 5.74) is 1.27. The summed E-state index contributed by atoms with van der Waals surface area (Å²) in [6.45, 7) is 0.175. The van der Waals surface area contributed by atoms with Crippen molar-refractivity contribution in [1.82, 2.24) is 20.1 Å². The number of rotatable bonds is 7. The molecule has 4 aromatic rings. The topological polar surface area (TPSA) is 92.8 Å². The van der Waals surface area contributed by atoms with Gasteiger partial charge in [0.15, 0.2) is 12.4 Å². The van der Waals surface area contributed by atoms with Gasteiger partial charge in [-0.2, -0.15) is 5.26 Å². The van der Waals surface area contributed by atoms with Gasteiger partial charge >= 0.3 is 0 Å². The molecule has 0 aliphatic heterocycles. The molecular formula is C22H16FN5O2S. The molecule has 4 rings (SSSR count). The minimum Gasteiger partial charge on any atom is -0.479 e. The van der Waals surface area contributed by atoms with Crippen LogP contribution in [-0.2, 0) is 6.54 Å². The number of carbonyl (C=O) groups is 1. The molecule has 0 saturated carbocycles. The fraction of sp³-hybridized carbons (Fsp3) is 0.0909. The third-order valence-electron chi connectivity index (χ3n) is 4.26. The third kappa shape index (κ3) is 4.76. The average Bonchev–Trinajstić information content (AvgIpc) is 3.46. The monoisotopic (exact) mass is 433 g/mol. The maximum absolute atomic E-state index is 13.7. The van der Waals surface area contributed by atoms with Crippen molar-refractivity contribution in [3.63, 3.8) is 0 Å². The summed E-state index contributed by atoms with van der Waals surface area (Å²) in [4.78, 5) is 17.9. The van der Waals surface area contributed by atoms with Gasteiger partial charge in [-0.1, -0.05) is 24.3 Å². The van der Waals surface area contributed by atoms with E-state index in [-0.39, 0.29) is 19.0 Å². The third-order valence-corrected chi connectivity index (χ3v) is 5.13. The quantitative estimate of drug-likeness (QED) is 0.476. The molecule has 0 saturated heterocycles. The Morgan fingerprint density at radius 1 is 1.19 bits per heavy atom. The molecule has 0 aliphatic carbocycles. The second kappa shape index (κ2) is 9.19. The van der Waals surface area contributed by atoms with E-state index in [2.05, 4.69) is 15.4 Å². The predicted octanol–water partition coefficient (Wildman–Crippen LogP) is 3.97. The first-order chi connectivity index (χ1) is 15.1. The highest BCUT2D eigenvalue weighted by molar-refractivity contribution is 7.13. The maximum Gasteiger partial charge on any atom is 0.291 e. The zero-order valence-corrected chi connectivity index (χ0v) is 17.0. The van der Waals surface area contributed by atoms with Gasteiger partial charge in [0.1, 0.15) is 17.6 Å². The van der Waals surface area contributed by atoms with Crippen molar-refractivity contribution in [2.24, 2.45) is 0 Å². The summed E-state index contributed by atoms with van der Waals surface area (Å²) in [5.74, 6) is 0.106. The lowest BCUT2D eigenvalue weighted by Gasteiger charge is -2.06. The van der Waals surface area contributed by atoms with Crippen LogP contribution < -0.4 is 10.1 Å². The summed E-state index contributed by atoms with van der Waals surface area (Å²) >= 11 is 1.45. The van der Waals surface area contributed by atoms with Crippen LogP contribution in [0.25, 0.3) is 16.4 Å². The first-order valence-corrected chi connectivity index (χ1v) is 10.2. The summed E-state index contributed by atoms with van der Waals surface area (Å²) in [5, 5.41) is 17.6. The Bertz CT molecular complexity index is 1250. The number of ether oxygens (including phenoxy) is 1. The van der Waals surface area contributed by atoms with Crippen LogP contribution in [0.3, 0.4) is 0 Å². The van der Waals surface area contributed by atoms with Crippen molar-refractivity contribution < 1.29 is 13.9 Å². The van der Waals surface area contributed by atoms with E-state index in [4.69, 9.17) is 10.00 Å². The molecule has 7 nitrogen and oxygen atoms in total. The molecule has 0 unspecified atom stereocenters. The lowest BCUT2D eigenvalue weighted by Crippen LogP contribution is -2.24. The van der Waals surface area contributed by atoms with Crippen LogP contribution in [0.4, 0.5) is 4.39 Å². The average molecular weight is 433 g/mol. The first kappa shape index (κ1) is 20.3. The molecule has 2 aromatic heterocycles. The normalized spacial score (nSPS) is 10.5. The second-order valence-electron chi connectivity index (χ2n) is 6.40. The smallest absolute Gasteiger partial charge is 0.291 e. The van der Waals surface area contributed by atoms with Crippen molar-refractivity contribution in [3.8, 4) is 28.2 Å². The Kier molecular flexibility index (Phi) is 6.01. The number of nitrogens with zero attached hydrogens (tertiary/aromatic N) is 4. The van der Waals surface area contributed by atoms with Crippen molar-refractivity contribution in [2.75, 3.05) is 6.61 Å². The minimum atomic E-state index is -0.462. The summed E-state index contributed by atoms with van der Waals surface area (Å²) < 4.78 is 20.5. The van der Waals surface area contributed by atoms with E-state index in [1.54, 1.807) is 30.3 Å². The molecule has 1 amide bonds. The molecule has 0 fully saturated rings. The van der Waals surface area contributed by atoms with Gasteiger partial charge in [-0.15, -0.1) is 16.4 Å². The number of thiophene rings is 1. The Morgan fingerprint density at radius 3 is 2.84 bits per heavy atom. The molecule has 2 heterocycles. The standard InChI is InChI=1S/C22H16FN5O2S/c23-16-5-2-6-17(13-16)28-21(19-8-3-11-31-19)26-20(27-28)22(29)25-14-15-4-1-7-18(12-15)30-10-9-24/h1-8,11-13H,10,14H2,(H,25,29). The zero-order valence-electron chi connectivity index (χ0n) is 16.2. The van der Waals surface area contributed by atoms with Crippen LogP contribution in [0, 0.1) is 17.1 Å². The molecule has 1 N–H and O–H groups in total. The van der Waals surface area contributed by atoms with Gasteiger partial charge in [-0.05, 0) is 47.3 Å². The van der Waals surface area contributed by atoms with Gasteiger partial charge in [0.05, 0.1) is 10.6 Å². The minimum absolute atomic E-state index is 0.0236. The van der Waals surface area contributed by atoms with E-state index in [9.17, 15) is 9.18 Å². The number of hydrogen-bond acceptors (Lipinski definition) is 6. The highest BCUT2D eigenvalue weighted by atomic mass is 32.1. The molecule has 154 valence electrons. The first-order valence-electron chi connectivity index (χ1n) is 9.28. The maximum atomic E-state index is 13.7. The fourth-order valence-corrected chi connectivity index (χ4v) is 3.58. The SMILES string of the molecule is N#CCOc1cccc(CNC(=O)c2nc(-c3cccs3)n(-c3cccc(F)c3)n2)c1. The largest absolute Gasteiger partial charge is 0.479 e. The molecule has 9 heteroatoms. The van der Waals surface area contributed by atoms with E-state index in [0.29, 0.717) is 17.3 Å². The Hall–Kier alpha value is -4.03. The Morgan fingerprint density at radius 2 is 2.06 bits per heavy atom. The Labute approximate surface area is 181 Å². The van der Waals surface area contributed by atoms with Crippen LogP contribution in [0.2, 0.25) is 0 Å². The van der Waals surface area contributed by atoms with E-state index >= 15 is 0 Å². The number of halogens is 1. The van der Waals surface area contributed by atoms with E-state index in [0.717, 1.165) is 10.4 Å². The molecular weight excluding hydrogens is 417 g/mol. The summed E-state index contributed by atoms with van der Waals surface area (Å²) in [7, 11) is 0. The van der Waals surface area contributed by atoms with Gasteiger partial charge in [0.2, 0.25) is 5.82 Å². The Balaban J connectivity index is 1.56. The summed E-state index contributed by atoms with van der Waals surface area (Å²) in [6.07, 6.45) is 0. The number of carbonyl (C=O) groups excluding carboxylic acids is 1. The van der Waals surface area contributed by atoms with Crippen LogP contribution in [0.15, 0.2) is 66.0 Å². The van der Waals surface area contributed by atoms with E-state index in [1.165, 1.54) is 28.2 Å². The zero-order chi connectivity index (χ0) is 21.6. The number of hydrogen-bond donors (Lipinski definition) is 1. The molecule has 0 radical (unpaired) electrons. The number of nitriles is 1. The van der Waals surface area contributed by atoms with Crippen molar-refractivity contribution in [3.05, 3.63) is 83.2 Å². The number of nitrogens with one attached hydrogen (secondary N) is 1. The molecule has 2 aromatic carbocycles. The van der Waals surface area contributed by atoms with Crippen LogP contribution in [0.5, 0.6) is 5.75 Å². The predicted molar refractivity (Wildman–Crippen MR) is 113 cm³/mol. The van der Waals surface area contributed by atoms with E-state index in [1.807, 2.05) is 29.6 Å². The lowest BCUT2D eigenvalue weighted by atomic mass is 10.2. The molecule has 31 heavy (non-hydrogen) atoms. The van der Waals surface area contributed by atoms with E-state index < -0.39 is 11.7 Å². The molecule has 0 bridgehead atoms. The van der Waals surface area contributed by atoms with Gasteiger partial charge in [0, 0.05) is 6.54 Å². The van der Waals surface area contributed by atoms with Gasteiger partial charge in [-0.3, -0.25) is 4.79 Å². The molecule has 0 atom stereocenters. The summed E-state index contributed by atoms with van der Waals surface area (Å²) in [6, 6.07) is 18.7. The van der Waals surface area contributed by atoms with Crippen molar-refractivity contribution >= 4 is 17.2 Å². The highest BCUT2D eigenvalue weighted by Crippen LogP contribution is 2.26. The van der Waals surface area contributed by atoms with Crippen molar-refractivity contribution in [1.29, 1.82) is 5.26 Å². The van der Waals surface area contributed by atoms with Crippen LogP contribution in [0.1, 0.15) is 16.2 Å². The molecule has 0 aliphatic rings.